The van der Waals surface area contributed by atoms with Crippen molar-refractivity contribution in [1.29, 1.82) is 0 Å². The minimum Gasteiger partial charge on any atom is -0.393 e. The van der Waals surface area contributed by atoms with Gasteiger partial charge >= 0.3 is 0 Å². The molecule has 1 rings (SSSR count). The molecule has 0 saturated carbocycles. The number of benzene rings is 1. The molecule has 4 nitrogen and oxygen atoms in total. The maximum absolute atomic E-state index is 12.2. The van der Waals surface area contributed by atoms with Gasteiger partial charge in [0, 0.05) is 38.9 Å². The summed E-state index contributed by atoms with van der Waals surface area (Å²) in [4.78, 5) is 15.8. The van der Waals surface area contributed by atoms with E-state index in [0.717, 1.165) is 5.69 Å². The van der Waals surface area contributed by atoms with Crippen LogP contribution in [-0.2, 0) is 0 Å². The number of amides is 1. The van der Waals surface area contributed by atoms with E-state index in [1.54, 1.807) is 18.9 Å². The van der Waals surface area contributed by atoms with Crippen LogP contribution in [0.1, 0.15) is 23.7 Å². The molecule has 1 amide bonds. The highest BCUT2D eigenvalue weighted by Crippen LogP contribution is 2.14. The zero-order valence-corrected chi connectivity index (χ0v) is 11.6. The van der Waals surface area contributed by atoms with Gasteiger partial charge in [-0.1, -0.05) is 6.07 Å². The first kappa shape index (κ1) is 14.5. The Morgan fingerprint density at radius 3 is 2.56 bits per heavy atom. The summed E-state index contributed by atoms with van der Waals surface area (Å²) in [6, 6.07) is 7.53. The molecule has 0 aromatic heterocycles. The Bertz CT molecular complexity index is 403. The van der Waals surface area contributed by atoms with Gasteiger partial charge in [-0.3, -0.25) is 4.79 Å². The monoisotopic (exact) mass is 250 g/mol. The predicted octanol–water partition coefficient (Wildman–Crippen LogP) is 1.60. The number of hydrogen-bond acceptors (Lipinski definition) is 3. The van der Waals surface area contributed by atoms with Crippen molar-refractivity contribution in [1.82, 2.24) is 4.90 Å². The Morgan fingerprint density at radius 2 is 2.00 bits per heavy atom. The van der Waals surface area contributed by atoms with Crippen LogP contribution in [0.15, 0.2) is 24.3 Å². The molecule has 0 fully saturated rings. The van der Waals surface area contributed by atoms with E-state index in [1.165, 1.54) is 0 Å². The van der Waals surface area contributed by atoms with Crippen LogP contribution in [0.2, 0.25) is 0 Å². The van der Waals surface area contributed by atoms with E-state index < -0.39 is 0 Å². The van der Waals surface area contributed by atoms with Crippen molar-refractivity contribution in [3.63, 3.8) is 0 Å². The molecule has 0 spiro atoms. The molecular formula is C14H22N2O2. The molecule has 1 aromatic carbocycles. The van der Waals surface area contributed by atoms with Gasteiger partial charge < -0.3 is 14.9 Å². The van der Waals surface area contributed by atoms with Gasteiger partial charge in [-0.2, -0.15) is 0 Å². The van der Waals surface area contributed by atoms with Crippen molar-refractivity contribution in [3.8, 4) is 0 Å². The molecule has 0 radical (unpaired) electrons. The lowest BCUT2D eigenvalue weighted by Gasteiger charge is -2.19. The second-order valence-corrected chi connectivity index (χ2v) is 4.81. The van der Waals surface area contributed by atoms with Crippen LogP contribution in [0.5, 0.6) is 0 Å². The number of carbonyl (C=O) groups is 1. The average Bonchev–Trinajstić information content (AvgIpc) is 2.35. The smallest absolute Gasteiger partial charge is 0.253 e. The summed E-state index contributed by atoms with van der Waals surface area (Å²) in [5.74, 6) is -0.0145. The third-order valence-corrected chi connectivity index (χ3v) is 2.84. The molecule has 1 unspecified atom stereocenters. The van der Waals surface area contributed by atoms with E-state index in [1.807, 2.05) is 43.3 Å². The number of aliphatic hydroxyl groups excluding tert-OH is 1. The van der Waals surface area contributed by atoms with Crippen molar-refractivity contribution in [2.75, 3.05) is 32.6 Å². The Kier molecular flexibility index (Phi) is 5.16. The fraction of sp³-hybridized carbons (Fsp3) is 0.500. The van der Waals surface area contributed by atoms with Crippen LogP contribution >= 0.6 is 0 Å². The summed E-state index contributed by atoms with van der Waals surface area (Å²) < 4.78 is 0. The summed E-state index contributed by atoms with van der Waals surface area (Å²) in [7, 11) is 5.65. The predicted molar refractivity (Wildman–Crippen MR) is 74.0 cm³/mol. The zero-order chi connectivity index (χ0) is 13.7. The maximum Gasteiger partial charge on any atom is 0.253 e. The number of hydrogen-bond donors (Lipinski definition) is 1. The van der Waals surface area contributed by atoms with E-state index in [9.17, 15) is 9.90 Å². The summed E-state index contributed by atoms with van der Waals surface area (Å²) in [6.07, 6.45) is 0.212. The number of nitrogens with zero attached hydrogens (tertiary/aromatic N) is 2. The minimum absolute atomic E-state index is 0.0145. The fourth-order valence-electron chi connectivity index (χ4n) is 1.62. The lowest BCUT2D eigenvalue weighted by atomic mass is 10.1. The van der Waals surface area contributed by atoms with Gasteiger partial charge in [-0.05, 0) is 31.5 Å². The Hall–Kier alpha value is -1.55. The van der Waals surface area contributed by atoms with E-state index in [2.05, 4.69) is 0 Å². The highest BCUT2D eigenvalue weighted by atomic mass is 16.3. The summed E-state index contributed by atoms with van der Waals surface area (Å²) in [5, 5.41) is 9.23. The maximum atomic E-state index is 12.2. The van der Waals surface area contributed by atoms with Gasteiger partial charge in [-0.15, -0.1) is 0 Å². The summed E-state index contributed by atoms with van der Waals surface area (Å²) in [5.41, 5.74) is 1.68. The molecule has 1 aromatic rings. The van der Waals surface area contributed by atoms with Crippen molar-refractivity contribution in [2.45, 2.75) is 19.4 Å². The lowest BCUT2D eigenvalue weighted by Crippen LogP contribution is -2.29. The van der Waals surface area contributed by atoms with Gasteiger partial charge in [0.2, 0.25) is 0 Å². The number of aliphatic hydroxyl groups is 1. The largest absolute Gasteiger partial charge is 0.393 e. The summed E-state index contributed by atoms with van der Waals surface area (Å²) >= 11 is 0. The summed E-state index contributed by atoms with van der Waals surface area (Å²) in [6.45, 7) is 2.29. The molecule has 18 heavy (non-hydrogen) atoms. The Labute approximate surface area is 109 Å². The highest BCUT2D eigenvalue weighted by Gasteiger charge is 2.12. The van der Waals surface area contributed by atoms with E-state index in [-0.39, 0.29) is 12.0 Å². The van der Waals surface area contributed by atoms with Gasteiger partial charge in [0.1, 0.15) is 0 Å². The third kappa shape index (κ3) is 4.04. The van der Waals surface area contributed by atoms with E-state index >= 15 is 0 Å². The molecular weight excluding hydrogens is 228 g/mol. The standard InChI is InChI=1S/C14H22N2O2/c1-11(17)8-9-16(4)14(18)12-6-5-7-13(10-12)15(2)3/h5-7,10-11,17H,8-9H2,1-4H3. The normalized spacial score (nSPS) is 12.1. The third-order valence-electron chi connectivity index (χ3n) is 2.84. The molecule has 4 heteroatoms. The van der Waals surface area contributed by atoms with Crippen molar-refractivity contribution in [3.05, 3.63) is 29.8 Å². The van der Waals surface area contributed by atoms with Crippen LogP contribution < -0.4 is 4.90 Å². The molecule has 0 aliphatic carbocycles. The second kappa shape index (κ2) is 6.40. The van der Waals surface area contributed by atoms with Gasteiger partial charge in [0.05, 0.1) is 6.10 Å². The minimum atomic E-state index is -0.381. The van der Waals surface area contributed by atoms with Crippen LogP contribution in [0.4, 0.5) is 5.69 Å². The number of rotatable bonds is 5. The molecule has 0 aliphatic rings. The first-order valence-electron chi connectivity index (χ1n) is 6.12. The quantitative estimate of drug-likeness (QED) is 0.863. The zero-order valence-electron chi connectivity index (χ0n) is 11.6. The average molecular weight is 250 g/mol. The molecule has 100 valence electrons. The molecule has 0 saturated heterocycles. The molecule has 0 heterocycles. The van der Waals surface area contributed by atoms with Crippen LogP contribution in [0.3, 0.4) is 0 Å². The van der Waals surface area contributed by atoms with E-state index in [4.69, 9.17) is 0 Å². The van der Waals surface area contributed by atoms with Crippen LogP contribution in [0.25, 0.3) is 0 Å². The van der Waals surface area contributed by atoms with Gasteiger partial charge in [0.15, 0.2) is 0 Å². The van der Waals surface area contributed by atoms with Crippen LogP contribution in [0, 0.1) is 0 Å². The number of carbonyl (C=O) groups excluding carboxylic acids is 1. The highest BCUT2D eigenvalue weighted by molar-refractivity contribution is 5.95. The SMILES string of the molecule is CC(O)CCN(C)C(=O)c1cccc(N(C)C)c1. The molecule has 1 N–H and O–H groups in total. The van der Waals surface area contributed by atoms with Gasteiger partial charge in [0.25, 0.3) is 5.91 Å². The lowest BCUT2D eigenvalue weighted by molar-refractivity contribution is 0.0769. The van der Waals surface area contributed by atoms with Crippen molar-refractivity contribution < 1.29 is 9.90 Å². The van der Waals surface area contributed by atoms with Crippen LogP contribution in [-0.4, -0.2) is 49.7 Å². The topological polar surface area (TPSA) is 43.8 Å². The molecule has 0 aliphatic heterocycles. The first-order valence-corrected chi connectivity index (χ1v) is 6.12. The van der Waals surface area contributed by atoms with Gasteiger partial charge in [-0.25, -0.2) is 0 Å². The van der Waals surface area contributed by atoms with Crippen molar-refractivity contribution in [2.24, 2.45) is 0 Å². The second-order valence-electron chi connectivity index (χ2n) is 4.81. The van der Waals surface area contributed by atoms with E-state index in [0.29, 0.717) is 18.5 Å². The number of anilines is 1. The Balaban J connectivity index is 2.74. The Morgan fingerprint density at radius 1 is 1.33 bits per heavy atom. The van der Waals surface area contributed by atoms with Crippen molar-refractivity contribution >= 4 is 11.6 Å². The first-order chi connectivity index (χ1) is 8.41. The molecule has 1 atom stereocenters. The molecule has 0 bridgehead atoms. The fourth-order valence-corrected chi connectivity index (χ4v) is 1.62.